The van der Waals surface area contributed by atoms with Crippen LogP contribution in [0.1, 0.15) is 23.5 Å². The summed E-state index contributed by atoms with van der Waals surface area (Å²) in [4.78, 5) is 12.4. The van der Waals surface area contributed by atoms with Crippen molar-refractivity contribution in [3.8, 4) is 11.5 Å². The van der Waals surface area contributed by atoms with E-state index in [2.05, 4.69) is 11.4 Å². The molecular weight excluding hydrogens is 290 g/mol. The van der Waals surface area contributed by atoms with Crippen LogP contribution < -0.4 is 14.8 Å². The van der Waals surface area contributed by atoms with Gasteiger partial charge in [-0.15, -0.1) is 0 Å². The van der Waals surface area contributed by atoms with Gasteiger partial charge >= 0.3 is 0 Å². The van der Waals surface area contributed by atoms with Crippen molar-refractivity contribution < 1.29 is 14.3 Å². The molecule has 1 aliphatic heterocycles. The Balaban J connectivity index is 1.42. The second-order valence-electron chi connectivity index (χ2n) is 6.14. The van der Waals surface area contributed by atoms with Crippen LogP contribution in [-0.2, 0) is 11.2 Å². The minimum Gasteiger partial charge on any atom is -0.497 e. The van der Waals surface area contributed by atoms with Gasteiger partial charge in [-0.1, -0.05) is 18.2 Å². The van der Waals surface area contributed by atoms with E-state index in [1.54, 1.807) is 7.11 Å². The molecule has 0 radical (unpaired) electrons. The summed E-state index contributed by atoms with van der Waals surface area (Å²) >= 11 is 0. The SMILES string of the molecule is COc1cccc([C@@H]2C[C@H]2C(=O)Nc2ccc3c(c2)OCC3)c1. The molecular formula is C19H19NO3. The molecule has 118 valence electrons. The molecule has 0 aromatic heterocycles. The van der Waals surface area contributed by atoms with E-state index in [0.29, 0.717) is 0 Å². The van der Waals surface area contributed by atoms with Crippen molar-refractivity contribution in [1.29, 1.82) is 0 Å². The highest BCUT2D eigenvalue weighted by molar-refractivity contribution is 5.95. The highest BCUT2D eigenvalue weighted by Crippen LogP contribution is 2.48. The third-order valence-electron chi connectivity index (χ3n) is 4.61. The van der Waals surface area contributed by atoms with Crippen LogP contribution in [0.2, 0.25) is 0 Å². The number of ether oxygens (including phenoxy) is 2. The van der Waals surface area contributed by atoms with E-state index in [1.807, 2.05) is 36.4 Å². The molecule has 0 spiro atoms. The Morgan fingerprint density at radius 3 is 3.04 bits per heavy atom. The summed E-state index contributed by atoms with van der Waals surface area (Å²) < 4.78 is 10.8. The van der Waals surface area contributed by atoms with Crippen LogP contribution in [0.4, 0.5) is 5.69 Å². The molecule has 1 fully saturated rings. The monoisotopic (exact) mass is 309 g/mol. The Bertz CT molecular complexity index is 756. The maximum Gasteiger partial charge on any atom is 0.228 e. The number of benzene rings is 2. The molecule has 1 heterocycles. The molecule has 0 saturated heterocycles. The molecule has 1 N–H and O–H groups in total. The van der Waals surface area contributed by atoms with E-state index < -0.39 is 0 Å². The van der Waals surface area contributed by atoms with Crippen LogP contribution in [0.3, 0.4) is 0 Å². The van der Waals surface area contributed by atoms with Crippen LogP contribution in [0.15, 0.2) is 42.5 Å². The van der Waals surface area contributed by atoms with Gasteiger partial charge in [-0.2, -0.15) is 0 Å². The van der Waals surface area contributed by atoms with Crippen molar-refractivity contribution in [3.63, 3.8) is 0 Å². The first kappa shape index (κ1) is 14.1. The average Bonchev–Trinajstić information content (AvgIpc) is 3.26. The van der Waals surface area contributed by atoms with Crippen LogP contribution in [0.5, 0.6) is 11.5 Å². The van der Waals surface area contributed by atoms with Crippen LogP contribution in [0.25, 0.3) is 0 Å². The third-order valence-corrected chi connectivity index (χ3v) is 4.61. The zero-order chi connectivity index (χ0) is 15.8. The van der Waals surface area contributed by atoms with Gasteiger partial charge in [0.05, 0.1) is 13.7 Å². The maximum atomic E-state index is 12.4. The molecule has 4 nitrogen and oxygen atoms in total. The summed E-state index contributed by atoms with van der Waals surface area (Å²) in [6.45, 7) is 0.729. The van der Waals surface area contributed by atoms with E-state index in [4.69, 9.17) is 9.47 Å². The van der Waals surface area contributed by atoms with Crippen LogP contribution in [-0.4, -0.2) is 19.6 Å². The Morgan fingerprint density at radius 2 is 2.17 bits per heavy atom. The summed E-state index contributed by atoms with van der Waals surface area (Å²) in [5.74, 6) is 2.13. The Hall–Kier alpha value is -2.49. The van der Waals surface area contributed by atoms with Gasteiger partial charge in [0.15, 0.2) is 0 Å². The predicted molar refractivity (Wildman–Crippen MR) is 88.1 cm³/mol. The lowest BCUT2D eigenvalue weighted by atomic mass is 10.1. The lowest BCUT2D eigenvalue weighted by Gasteiger charge is -2.07. The van der Waals surface area contributed by atoms with Crippen LogP contribution >= 0.6 is 0 Å². The second-order valence-corrected chi connectivity index (χ2v) is 6.14. The topological polar surface area (TPSA) is 47.6 Å². The number of hydrogen-bond acceptors (Lipinski definition) is 3. The number of methoxy groups -OCH3 is 1. The fourth-order valence-electron chi connectivity index (χ4n) is 3.20. The zero-order valence-electron chi connectivity index (χ0n) is 13.0. The Kier molecular flexibility index (Phi) is 3.45. The highest BCUT2D eigenvalue weighted by Gasteiger charge is 2.44. The second kappa shape index (κ2) is 5.61. The molecule has 2 atom stereocenters. The lowest BCUT2D eigenvalue weighted by molar-refractivity contribution is -0.117. The summed E-state index contributed by atoms with van der Waals surface area (Å²) in [6.07, 6.45) is 1.84. The fourth-order valence-corrected chi connectivity index (χ4v) is 3.20. The molecule has 1 saturated carbocycles. The molecule has 4 heteroatoms. The quantitative estimate of drug-likeness (QED) is 0.942. The summed E-state index contributed by atoms with van der Waals surface area (Å²) in [5.41, 5.74) is 3.19. The average molecular weight is 309 g/mol. The zero-order valence-corrected chi connectivity index (χ0v) is 13.0. The Labute approximate surface area is 135 Å². The van der Waals surface area contributed by atoms with Crippen molar-refractivity contribution >= 4 is 11.6 Å². The van der Waals surface area contributed by atoms with Crippen molar-refractivity contribution in [3.05, 3.63) is 53.6 Å². The number of carbonyl (C=O) groups is 1. The number of rotatable bonds is 4. The largest absolute Gasteiger partial charge is 0.497 e. The third kappa shape index (κ3) is 2.77. The van der Waals surface area contributed by atoms with E-state index in [-0.39, 0.29) is 17.7 Å². The summed E-state index contributed by atoms with van der Waals surface area (Å²) in [6, 6.07) is 13.9. The first-order chi connectivity index (χ1) is 11.2. The molecule has 1 amide bonds. The minimum absolute atomic E-state index is 0.0382. The van der Waals surface area contributed by atoms with Crippen molar-refractivity contribution in [1.82, 2.24) is 0 Å². The van der Waals surface area contributed by atoms with Crippen molar-refractivity contribution in [2.24, 2.45) is 5.92 Å². The van der Waals surface area contributed by atoms with E-state index in [1.165, 1.54) is 11.1 Å². The smallest absolute Gasteiger partial charge is 0.228 e. The number of amides is 1. The van der Waals surface area contributed by atoms with E-state index >= 15 is 0 Å². The molecule has 2 aliphatic rings. The Morgan fingerprint density at radius 1 is 1.26 bits per heavy atom. The first-order valence-corrected chi connectivity index (χ1v) is 7.95. The van der Waals surface area contributed by atoms with Crippen molar-refractivity contribution in [2.45, 2.75) is 18.8 Å². The first-order valence-electron chi connectivity index (χ1n) is 7.95. The van der Waals surface area contributed by atoms with Gasteiger partial charge in [-0.05, 0) is 41.7 Å². The van der Waals surface area contributed by atoms with Crippen molar-refractivity contribution in [2.75, 3.05) is 19.0 Å². The van der Waals surface area contributed by atoms with Gasteiger partial charge in [0.1, 0.15) is 11.5 Å². The van der Waals surface area contributed by atoms with E-state index in [0.717, 1.165) is 36.6 Å². The standard InChI is InChI=1S/C19H19NO3/c1-22-15-4-2-3-13(9-15)16-11-17(16)19(21)20-14-6-5-12-7-8-23-18(12)10-14/h2-6,9-10,16-17H,7-8,11H2,1H3,(H,20,21)/t16-,17+/m0/s1. The molecule has 4 rings (SSSR count). The van der Waals surface area contributed by atoms with Gasteiger partial charge in [-0.3, -0.25) is 4.79 Å². The van der Waals surface area contributed by atoms with Gasteiger partial charge in [0.25, 0.3) is 0 Å². The van der Waals surface area contributed by atoms with Gasteiger partial charge in [-0.25, -0.2) is 0 Å². The molecule has 1 aliphatic carbocycles. The number of hydrogen-bond donors (Lipinski definition) is 1. The number of carbonyl (C=O) groups excluding carboxylic acids is 1. The molecule has 23 heavy (non-hydrogen) atoms. The highest BCUT2D eigenvalue weighted by atomic mass is 16.5. The normalized spacial score (nSPS) is 21.3. The van der Waals surface area contributed by atoms with E-state index in [9.17, 15) is 4.79 Å². The molecule has 2 aromatic rings. The summed E-state index contributed by atoms with van der Waals surface area (Å²) in [7, 11) is 1.66. The molecule has 0 unspecified atom stereocenters. The minimum atomic E-state index is 0.0382. The number of nitrogens with one attached hydrogen (secondary N) is 1. The van der Waals surface area contributed by atoms with Gasteiger partial charge < -0.3 is 14.8 Å². The predicted octanol–water partition coefficient (Wildman–Crippen LogP) is 3.37. The van der Waals surface area contributed by atoms with Crippen LogP contribution in [0, 0.1) is 5.92 Å². The van der Waals surface area contributed by atoms with Gasteiger partial charge in [0, 0.05) is 24.1 Å². The summed E-state index contributed by atoms with van der Waals surface area (Å²) in [5, 5.41) is 3.01. The fraction of sp³-hybridized carbons (Fsp3) is 0.316. The number of fused-ring (bicyclic) bond motifs is 1. The lowest BCUT2D eigenvalue weighted by Crippen LogP contribution is -2.14. The molecule has 2 aromatic carbocycles. The maximum absolute atomic E-state index is 12.4. The van der Waals surface area contributed by atoms with Gasteiger partial charge in [0.2, 0.25) is 5.91 Å². The number of anilines is 1. The molecule has 0 bridgehead atoms.